The lowest BCUT2D eigenvalue weighted by Gasteiger charge is -2.34. The highest BCUT2D eigenvalue weighted by molar-refractivity contribution is 6.30. The van der Waals surface area contributed by atoms with Gasteiger partial charge in [-0.3, -0.25) is 0 Å². The molecule has 0 amide bonds. The Morgan fingerprint density at radius 2 is 1.86 bits per heavy atom. The van der Waals surface area contributed by atoms with Crippen LogP contribution in [0.5, 0.6) is 5.75 Å². The van der Waals surface area contributed by atoms with Gasteiger partial charge >= 0.3 is 0 Å². The molecule has 0 bridgehead atoms. The molecule has 1 fully saturated rings. The monoisotopic (exact) mass is 310 g/mol. The van der Waals surface area contributed by atoms with Crippen molar-refractivity contribution in [3.05, 3.63) is 29.3 Å². The average molecular weight is 311 g/mol. The molecule has 0 radical (unpaired) electrons. The molecular weight excluding hydrogens is 284 g/mol. The molecule has 0 saturated heterocycles. The van der Waals surface area contributed by atoms with Crippen molar-refractivity contribution in [1.29, 1.82) is 0 Å². The molecule has 1 aliphatic carbocycles. The summed E-state index contributed by atoms with van der Waals surface area (Å²) in [4.78, 5) is 2.50. The van der Waals surface area contributed by atoms with Crippen LogP contribution in [-0.4, -0.2) is 44.2 Å². The topological polar surface area (TPSA) is 24.5 Å². The van der Waals surface area contributed by atoms with Crippen molar-refractivity contribution in [2.24, 2.45) is 0 Å². The van der Waals surface area contributed by atoms with E-state index in [9.17, 15) is 0 Å². The third-order valence-electron chi connectivity index (χ3n) is 4.47. The van der Waals surface area contributed by atoms with Crippen molar-refractivity contribution < 1.29 is 4.74 Å². The molecule has 1 aromatic rings. The van der Waals surface area contributed by atoms with E-state index in [1.807, 2.05) is 24.3 Å². The van der Waals surface area contributed by atoms with Crippen molar-refractivity contribution in [1.82, 2.24) is 10.2 Å². The second kappa shape index (κ2) is 8.62. The molecule has 4 heteroatoms. The van der Waals surface area contributed by atoms with Crippen LogP contribution in [0.1, 0.15) is 32.1 Å². The van der Waals surface area contributed by atoms with Gasteiger partial charge in [-0.25, -0.2) is 0 Å². The van der Waals surface area contributed by atoms with Crippen LogP contribution in [0.3, 0.4) is 0 Å². The van der Waals surface area contributed by atoms with E-state index in [-0.39, 0.29) is 0 Å². The fraction of sp³-hybridized carbons (Fsp3) is 0.647. The Morgan fingerprint density at radius 1 is 1.19 bits per heavy atom. The second-order valence-corrected chi connectivity index (χ2v) is 6.37. The standard InChI is InChI=1S/C17H27ClN2O/c1-19-15-6-8-16(9-7-15)20(2)12-3-13-21-17-10-4-14(18)5-11-17/h4-5,10-11,15-16,19H,3,6-9,12-13H2,1-2H3. The lowest BCUT2D eigenvalue weighted by Crippen LogP contribution is -2.40. The van der Waals surface area contributed by atoms with Crippen LogP contribution < -0.4 is 10.1 Å². The minimum atomic E-state index is 0.725. The summed E-state index contributed by atoms with van der Waals surface area (Å²) in [6.07, 6.45) is 6.27. The molecule has 3 nitrogen and oxygen atoms in total. The first-order valence-electron chi connectivity index (χ1n) is 7.95. The minimum absolute atomic E-state index is 0.725. The van der Waals surface area contributed by atoms with Crippen molar-refractivity contribution in [3.63, 3.8) is 0 Å². The fourth-order valence-corrected chi connectivity index (χ4v) is 3.15. The number of nitrogens with zero attached hydrogens (tertiary/aromatic N) is 1. The maximum atomic E-state index is 5.85. The van der Waals surface area contributed by atoms with Gasteiger partial charge in [0.15, 0.2) is 0 Å². The molecule has 0 spiro atoms. The van der Waals surface area contributed by atoms with E-state index in [0.717, 1.165) is 42.4 Å². The zero-order chi connectivity index (χ0) is 15.1. The number of ether oxygens (including phenoxy) is 1. The molecule has 0 aliphatic heterocycles. The highest BCUT2D eigenvalue weighted by atomic mass is 35.5. The third kappa shape index (κ3) is 5.50. The molecule has 0 heterocycles. The molecule has 2 rings (SSSR count). The lowest BCUT2D eigenvalue weighted by molar-refractivity contribution is 0.165. The van der Waals surface area contributed by atoms with Gasteiger partial charge in [-0.15, -0.1) is 0 Å². The molecular formula is C17H27ClN2O. The SMILES string of the molecule is CNC1CCC(N(C)CCCOc2ccc(Cl)cc2)CC1. The highest BCUT2D eigenvalue weighted by Gasteiger charge is 2.22. The Labute approximate surface area is 133 Å². The summed E-state index contributed by atoms with van der Waals surface area (Å²) in [5.41, 5.74) is 0. The van der Waals surface area contributed by atoms with Gasteiger partial charge < -0.3 is 15.0 Å². The number of rotatable bonds is 7. The van der Waals surface area contributed by atoms with E-state index < -0.39 is 0 Å². The summed E-state index contributed by atoms with van der Waals surface area (Å²) in [7, 11) is 4.31. The molecule has 0 atom stereocenters. The Kier molecular flexibility index (Phi) is 6.81. The second-order valence-electron chi connectivity index (χ2n) is 5.93. The minimum Gasteiger partial charge on any atom is -0.494 e. The molecule has 21 heavy (non-hydrogen) atoms. The first kappa shape index (κ1) is 16.6. The molecule has 1 aromatic carbocycles. The molecule has 0 aromatic heterocycles. The van der Waals surface area contributed by atoms with Gasteiger partial charge in [0.25, 0.3) is 0 Å². The van der Waals surface area contributed by atoms with Gasteiger partial charge in [-0.2, -0.15) is 0 Å². The Balaban J connectivity index is 1.61. The van der Waals surface area contributed by atoms with E-state index in [2.05, 4.69) is 24.3 Å². The predicted octanol–water partition coefficient (Wildman–Crippen LogP) is 3.57. The van der Waals surface area contributed by atoms with E-state index in [0.29, 0.717) is 0 Å². The summed E-state index contributed by atoms with van der Waals surface area (Å²) in [6, 6.07) is 9.04. The van der Waals surface area contributed by atoms with Gasteiger partial charge in [0.1, 0.15) is 5.75 Å². The number of nitrogens with one attached hydrogen (secondary N) is 1. The van der Waals surface area contributed by atoms with E-state index in [1.165, 1.54) is 25.7 Å². The van der Waals surface area contributed by atoms with Crippen LogP contribution in [-0.2, 0) is 0 Å². The van der Waals surface area contributed by atoms with Gasteiger partial charge in [-0.1, -0.05) is 11.6 Å². The fourth-order valence-electron chi connectivity index (χ4n) is 3.02. The van der Waals surface area contributed by atoms with Crippen molar-refractivity contribution >= 4 is 11.6 Å². The number of hydrogen-bond donors (Lipinski definition) is 1. The molecule has 1 N–H and O–H groups in total. The summed E-state index contributed by atoms with van der Waals surface area (Å²) < 4.78 is 5.74. The first-order chi connectivity index (χ1) is 10.2. The van der Waals surface area contributed by atoms with Crippen molar-refractivity contribution in [3.8, 4) is 5.75 Å². The number of hydrogen-bond acceptors (Lipinski definition) is 3. The van der Waals surface area contributed by atoms with E-state index in [4.69, 9.17) is 16.3 Å². The third-order valence-corrected chi connectivity index (χ3v) is 4.72. The largest absolute Gasteiger partial charge is 0.494 e. The predicted molar refractivity (Wildman–Crippen MR) is 89.3 cm³/mol. The maximum absolute atomic E-state index is 5.85. The average Bonchev–Trinajstić information content (AvgIpc) is 2.53. The summed E-state index contributed by atoms with van der Waals surface area (Å²) >= 11 is 5.85. The van der Waals surface area contributed by atoms with Crippen LogP contribution in [0.25, 0.3) is 0 Å². The Bertz CT molecular complexity index is 402. The summed E-state index contributed by atoms with van der Waals surface area (Å²) in [5.74, 6) is 0.900. The van der Waals surface area contributed by atoms with Crippen molar-refractivity contribution in [2.75, 3.05) is 27.2 Å². The maximum Gasteiger partial charge on any atom is 0.119 e. The molecule has 1 saturated carbocycles. The zero-order valence-corrected chi connectivity index (χ0v) is 13.9. The molecule has 0 unspecified atom stereocenters. The van der Waals surface area contributed by atoms with Crippen LogP contribution in [0.15, 0.2) is 24.3 Å². The molecule has 118 valence electrons. The molecule has 1 aliphatic rings. The smallest absolute Gasteiger partial charge is 0.119 e. The van der Waals surface area contributed by atoms with Gasteiger partial charge in [0.05, 0.1) is 6.61 Å². The van der Waals surface area contributed by atoms with Crippen LogP contribution in [0, 0.1) is 0 Å². The quantitative estimate of drug-likeness (QED) is 0.779. The van der Waals surface area contributed by atoms with Gasteiger partial charge in [0.2, 0.25) is 0 Å². The van der Waals surface area contributed by atoms with Crippen LogP contribution in [0.2, 0.25) is 5.02 Å². The zero-order valence-electron chi connectivity index (χ0n) is 13.1. The van der Waals surface area contributed by atoms with Gasteiger partial charge in [0, 0.05) is 23.7 Å². The Hall–Kier alpha value is -0.770. The lowest BCUT2D eigenvalue weighted by atomic mass is 9.90. The van der Waals surface area contributed by atoms with E-state index in [1.54, 1.807) is 0 Å². The van der Waals surface area contributed by atoms with E-state index >= 15 is 0 Å². The highest BCUT2D eigenvalue weighted by Crippen LogP contribution is 2.22. The first-order valence-corrected chi connectivity index (χ1v) is 8.32. The summed E-state index contributed by atoms with van der Waals surface area (Å²) in [5, 5.41) is 4.14. The van der Waals surface area contributed by atoms with Crippen molar-refractivity contribution in [2.45, 2.75) is 44.2 Å². The van der Waals surface area contributed by atoms with Crippen LogP contribution >= 0.6 is 11.6 Å². The van der Waals surface area contributed by atoms with Gasteiger partial charge in [-0.05, 0) is 70.5 Å². The van der Waals surface area contributed by atoms with Crippen LogP contribution in [0.4, 0.5) is 0 Å². The normalized spacial score (nSPS) is 22.5. The number of halogens is 1. The Morgan fingerprint density at radius 3 is 2.48 bits per heavy atom. The number of benzene rings is 1. The summed E-state index contributed by atoms with van der Waals surface area (Å²) in [6.45, 7) is 1.86.